The lowest BCUT2D eigenvalue weighted by Gasteiger charge is -1.92. The second kappa shape index (κ2) is 7.18. The number of rotatable bonds is 5. The molecule has 0 bridgehead atoms. The van der Waals surface area contributed by atoms with E-state index in [2.05, 4.69) is 0 Å². The van der Waals surface area contributed by atoms with E-state index in [1.807, 2.05) is 12.1 Å². The summed E-state index contributed by atoms with van der Waals surface area (Å²) in [4.78, 5) is 21.1. The van der Waals surface area contributed by atoms with Crippen LogP contribution in [0.2, 0.25) is 5.02 Å². The topological polar surface area (TPSA) is 74.6 Å². The van der Waals surface area contributed by atoms with Crippen LogP contribution in [0.25, 0.3) is 6.08 Å². The van der Waals surface area contributed by atoms with Crippen LogP contribution in [0.4, 0.5) is 0 Å². The van der Waals surface area contributed by atoms with Gasteiger partial charge in [-0.3, -0.25) is 0 Å². The predicted octanol–water partition coefficient (Wildman–Crippen LogP) is 3.01. The van der Waals surface area contributed by atoms with Crippen LogP contribution in [-0.2, 0) is 9.59 Å². The van der Waals surface area contributed by atoms with Gasteiger partial charge in [0.25, 0.3) is 0 Å². The van der Waals surface area contributed by atoms with Gasteiger partial charge >= 0.3 is 11.9 Å². The number of carbonyl (C=O) groups is 2. The van der Waals surface area contributed by atoms with Crippen LogP contribution >= 0.6 is 11.6 Å². The van der Waals surface area contributed by atoms with Gasteiger partial charge in [0.2, 0.25) is 0 Å². The zero-order valence-electron chi connectivity index (χ0n) is 9.79. The third-order valence-electron chi connectivity index (χ3n) is 2.10. The van der Waals surface area contributed by atoms with Crippen molar-refractivity contribution in [3.63, 3.8) is 0 Å². The molecule has 4 nitrogen and oxygen atoms in total. The highest BCUT2D eigenvalue weighted by atomic mass is 35.5. The van der Waals surface area contributed by atoms with Gasteiger partial charge in [0, 0.05) is 5.02 Å². The van der Waals surface area contributed by atoms with Gasteiger partial charge in [0.1, 0.15) is 5.57 Å². The highest BCUT2D eigenvalue weighted by Gasteiger charge is 2.13. The highest BCUT2D eigenvalue weighted by molar-refractivity contribution is 6.30. The van der Waals surface area contributed by atoms with E-state index in [-0.39, 0.29) is 0 Å². The first-order valence-electron chi connectivity index (χ1n) is 5.28. The Kier molecular flexibility index (Phi) is 5.57. The number of allylic oxidation sites excluding steroid dienone is 4. The van der Waals surface area contributed by atoms with Gasteiger partial charge in [0.15, 0.2) is 0 Å². The predicted molar refractivity (Wildman–Crippen MR) is 73.0 cm³/mol. The van der Waals surface area contributed by atoms with Crippen molar-refractivity contribution >= 4 is 29.6 Å². The molecule has 19 heavy (non-hydrogen) atoms. The first kappa shape index (κ1) is 14.7. The molecule has 0 unspecified atom stereocenters. The summed E-state index contributed by atoms with van der Waals surface area (Å²) >= 11 is 5.73. The Morgan fingerprint density at radius 2 is 1.53 bits per heavy atom. The van der Waals surface area contributed by atoms with E-state index < -0.39 is 17.5 Å². The maximum absolute atomic E-state index is 10.5. The summed E-state index contributed by atoms with van der Waals surface area (Å²) in [6.07, 6.45) is 7.37. The average molecular weight is 279 g/mol. The molecular formula is C14H11ClO4. The van der Waals surface area contributed by atoms with Crippen molar-refractivity contribution in [2.45, 2.75) is 0 Å². The highest BCUT2D eigenvalue weighted by Crippen LogP contribution is 2.10. The van der Waals surface area contributed by atoms with Gasteiger partial charge in [-0.15, -0.1) is 0 Å². The van der Waals surface area contributed by atoms with Crippen molar-refractivity contribution in [1.29, 1.82) is 0 Å². The van der Waals surface area contributed by atoms with E-state index in [9.17, 15) is 9.59 Å². The molecule has 0 heterocycles. The molecule has 1 aromatic rings. The monoisotopic (exact) mass is 278 g/mol. The maximum atomic E-state index is 10.5. The van der Waals surface area contributed by atoms with Gasteiger partial charge in [-0.2, -0.15) is 0 Å². The standard InChI is InChI=1S/C14H11ClO4/c15-11-8-6-10(7-9-11)4-2-1-3-5-12(13(16)17)14(18)19/h1-9H,(H,16,17)(H,18,19)/b3-1+,4-2+. The molecule has 0 atom stereocenters. The Morgan fingerprint density at radius 3 is 2.05 bits per heavy atom. The van der Waals surface area contributed by atoms with Crippen molar-refractivity contribution in [3.8, 4) is 0 Å². The summed E-state index contributed by atoms with van der Waals surface area (Å²) in [5.74, 6) is -2.95. The van der Waals surface area contributed by atoms with E-state index in [0.29, 0.717) is 5.02 Å². The average Bonchev–Trinajstić information content (AvgIpc) is 2.34. The molecule has 0 aliphatic rings. The fraction of sp³-hybridized carbons (Fsp3) is 0. The lowest BCUT2D eigenvalue weighted by Crippen LogP contribution is -2.10. The van der Waals surface area contributed by atoms with Crippen LogP contribution in [0.15, 0.2) is 54.1 Å². The summed E-state index contributed by atoms with van der Waals surface area (Å²) < 4.78 is 0. The number of aliphatic carboxylic acids is 2. The summed E-state index contributed by atoms with van der Waals surface area (Å²) in [6.45, 7) is 0. The molecule has 0 aliphatic heterocycles. The lowest BCUT2D eigenvalue weighted by molar-refractivity contribution is -0.140. The van der Waals surface area contributed by atoms with Crippen LogP contribution in [0.3, 0.4) is 0 Å². The zero-order valence-corrected chi connectivity index (χ0v) is 10.5. The molecule has 98 valence electrons. The molecule has 0 radical (unpaired) electrons. The Bertz CT molecular complexity index is 537. The van der Waals surface area contributed by atoms with Gasteiger partial charge < -0.3 is 10.2 Å². The number of hydrogen-bond donors (Lipinski definition) is 2. The van der Waals surface area contributed by atoms with Crippen molar-refractivity contribution in [2.75, 3.05) is 0 Å². The number of benzene rings is 1. The van der Waals surface area contributed by atoms with Gasteiger partial charge in [0.05, 0.1) is 0 Å². The van der Waals surface area contributed by atoms with E-state index in [0.717, 1.165) is 11.6 Å². The van der Waals surface area contributed by atoms with Crippen LogP contribution < -0.4 is 0 Å². The van der Waals surface area contributed by atoms with Crippen LogP contribution in [0, 0.1) is 0 Å². The summed E-state index contributed by atoms with van der Waals surface area (Å²) in [7, 11) is 0. The molecule has 0 amide bonds. The van der Waals surface area contributed by atoms with Crippen LogP contribution in [0.1, 0.15) is 5.56 Å². The fourth-order valence-electron chi connectivity index (χ4n) is 1.19. The fourth-order valence-corrected chi connectivity index (χ4v) is 1.32. The molecule has 0 spiro atoms. The molecule has 5 heteroatoms. The number of halogens is 1. The molecule has 1 rings (SSSR count). The van der Waals surface area contributed by atoms with Gasteiger partial charge in [-0.25, -0.2) is 9.59 Å². The molecule has 0 fully saturated rings. The summed E-state index contributed by atoms with van der Waals surface area (Å²) in [5, 5.41) is 17.8. The Morgan fingerprint density at radius 1 is 0.947 bits per heavy atom. The molecule has 0 saturated carbocycles. The Balaban J connectivity index is 2.68. The summed E-state index contributed by atoms with van der Waals surface area (Å²) in [5.41, 5.74) is 0.242. The minimum Gasteiger partial charge on any atom is -0.477 e. The molecule has 0 aliphatic carbocycles. The maximum Gasteiger partial charge on any atom is 0.343 e. The number of hydrogen-bond acceptors (Lipinski definition) is 2. The number of carboxylic acid groups (broad SMARTS) is 2. The Hall–Kier alpha value is -2.33. The van der Waals surface area contributed by atoms with Crippen molar-refractivity contribution in [3.05, 3.63) is 64.7 Å². The van der Waals surface area contributed by atoms with Gasteiger partial charge in [-0.1, -0.05) is 48.0 Å². The minimum absolute atomic E-state index is 0.642. The van der Waals surface area contributed by atoms with Crippen LogP contribution in [-0.4, -0.2) is 22.2 Å². The van der Waals surface area contributed by atoms with E-state index >= 15 is 0 Å². The van der Waals surface area contributed by atoms with Crippen molar-refractivity contribution in [1.82, 2.24) is 0 Å². The SMILES string of the molecule is O=C(O)C(=C/C=C/C=C/c1ccc(Cl)cc1)C(=O)O. The first-order chi connectivity index (χ1) is 9.00. The van der Waals surface area contributed by atoms with Crippen molar-refractivity contribution in [2.24, 2.45) is 0 Å². The number of carboxylic acids is 2. The van der Waals surface area contributed by atoms with Gasteiger partial charge in [-0.05, 0) is 23.8 Å². The van der Waals surface area contributed by atoms with E-state index in [4.69, 9.17) is 21.8 Å². The Labute approximate surface area is 114 Å². The molecule has 0 aromatic heterocycles. The quantitative estimate of drug-likeness (QED) is 0.376. The molecule has 1 aromatic carbocycles. The smallest absolute Gasteiger partial charge is 0.343 e. The van der Waals surface area contributed by atoms with Crippen LogP contribution in [0.5, 0.6) is 0 Å². The first-order valence-corrected chi connectivity index (χ1v) is 5.65. The molecular weight excluding hydrogens is 268 g/mol. The van der Waals surface area contributed by atoms with E-state index in [1.54, 1.807) is 30.4 Å². The third kappa shape index (κ3) is 5.23. The lowest BCUT2D eigenvalue weighted by atomic mass is 10.2. The third-order valence-corrected chi connectivity index (χ3v) is 2.36. The second-order valence-electron chi connectivity index (χ2n) is 3.49. The second-order valence-corrected chi connectivity index (χ2v) is 3.92. The van der Waals surface area contributed by atoms with Crippen molar-refractivity contribution < 1.29 is 19.8 Å². The molecule has 0 saturated heterocycles. The molecule has 2 N–H and O–H groups in total. The normalized spacial score (nSPS) is 10.8. The summed E-state index contributed by atoms with van der Waals surface area (Å²) in [6, 6.07) is 7.14. The minimum atomic E-state index is -1.47. The largest absolute Gasteiger partial charge is 0.477 e. The zero-order chi connectivity index (χ0) is 14.3. The van der Waals surface area contributed by atoms with E-state index in [1.165, 1.54) is 6.08 Å².